The maximum absolute atomic E-state index is 13.2. The maximum atomic E-state index is 13.2. The second-order valence-electron chi connectivity index (χ2n) is 6.42. The molecule has 1 atom stereocenters. The number of aromatic nitrogens is 1. The van der Waals surface area contributed by atoms with Gasteiger partial charge in [0, 0.05) is 11.4 Å². The molecule has 30 heavy (non-hydrogen) atoms. The lowest BCUT2D eigenvalue weighted by Gasteiger charge is -2.27. The van der Waals surface area contributed by atoms with Crippen LogP contribution in [0.25, 0.3) is 0 Å². The third-order valence-electron chi connectivity index (χ3n) is 4.33. The van der Waals surface area contributed by atoms with Gasteiger partial charge in [-0.15, -0.1) is 6.42 Å². The lowest BCUT2D eigenvalue weighted by molar-refractivity contribution is -0.137. The number of hydrogen-bond acceptors (Lipinski definition) is 4. The molecule has 1 saturated heterocycles. The van der Waals surface area contributed by atoms with Gasteiger partial charge in [-0.1, -0.05) is 5.92 Å². The number of terminal acetylenes is 1. The summed E-state index contributed by atoms with van der Waals surface area (Å²) in [6.07, 6.45) is -0.359. The summed E-state index contributed by atoms with van der Waals surface area (Å²) >= 11 is 0. The molecule has 3 rings (SSSR count). The van der Waals surface area contributed by atoms with Crippen molar-refractivity contribution in [3.05, 3.63) is 53.5 Å². The van der Waals surface area contributed by atoms with E-state index < -0.39 is 42.2 Å². The van der Waals surface area contributed by atoms with Crippen LogP contribution in [0.3, 0.4) is 0 Å². The van der Waals surface area contributed by atoms with Crippen LogP contribution in [-0.2, 0) is 15.7 Å². The zero-order chi connectivity index (χ0) is 22.1. The number of rotatable bonds is 4. The molecule has 0 radical (unpaired) electrons. The van der Waals surface area contributed by atoms with Crippen LogP contribution in [0.4, 0.5) is 33.9 Å². The van der Waals surface area contributed by atoms with Gasteiger partial charge in [0.05, 0.1) is 12.1 Å². The van der Waals surface area contributed by atoms with Crippen LogP contribution in [0.2, 0.25) is 0 Å². The van der Waals surface area contributed by atoms with Gasteiger partial charge < -0.3 is 4.74 Å². The van der Waals surface area contributed by atoms with Crippen molar-refractivity contribution < 1.29 is 31.9 Å². The summed E-state index contributed by atoms with van der Waals surface area (Å²) in [5, 5.41) is 0. The van der Waals surface area contributed by atoms with E-state index in [1.54, 1.807) is 0 Å². The molecule has 1 aliphatic heterocycles. The van der Waals surface area contributed by atoms with Crippen LogP contribution in [0.5, 0.6) is 0 Å². The largest absolute Gasteiger partial charge is 0.446 e. The van der Waals surface area contributed by atoms with E-state index in [1.807, 2.05) is 0 Å². The summed E-state index contributed by atoms with van der Waals surface area (Å²) in [7, 11) is 0. The fourth-order valence-corrected chi connectivity index (χ4v) is 2.98. The Balaban J connectivity index is 1.99. The van der Waals surface area contributed by atoms with Crippen molar-refractivity contribution in [2.45, 2.75) is 19.1 Å². The average Bonchev–Trinajstić information content (AvgIpc) is 3.07. The molecule has 2 heterocycles. The normalized spacial score (nSPS) is 16.2. The van der Waals surface area contributed by atoms with Gasteiger partial charge in [-0.2, -0.15) is 13.2 Å². The number of carbonyl (C=O) groups is 2. The zero-order valence-electron chi connectivity index (χ0n) is 15.6. The first-order chi connectivity index (χ1) is 14.1. The first kappa shape index (κ1) is 21.1. The highest BCUT2D eigenvalue weighted by Gasteiger charge is 2.43. The van der Waals surface area contributed by atoms with Crippen LogP contribution < -0.4 is 9.80 Å². The van der Waals surface area contributed by atoms with Gasteiger partial charge in [-0.25, -0.2) is 19.1 Å². The van der Waals surface area contributed by atoms with E-state index in [1.165, 1.54) is 19.1 Å². The second kappa shape index (κ2) is 8.02. The Labute approximate surface area is 169 Å². The fraction of sp³-hybridized carbons (Fsp3) is 0.250. The number of pyridine rings is 1. The third-order valence-corrected chi connectivity index (χ3v) is 4.33. The summed E-state index contributed by atoms with van der Waals surface area (Å²) in [4.78, 5) is 31.2. The molecule has 6 nitrogen and oxygen atoms in total. The highest BCUT2D eigenvalue weighted by molar-refractivity contribution is 6.06. The molecule has 1 fully saturated rings. The Morgan fingerprint density at radius 3 is 2.60 bits per heavy atom. The summed E-state index contributed by atoms with van der Waals surface area (Å²) in [5.74, 6) is 0.682. The lowest BCUT2D eigenvalue weighted by atomic mass is 10.1. The van der Waals surface area contributed by atoms with Crippen molar-refractivity contribution in [3.63, 3.8) is 0 Å². The van der Waals surface area contributed by atoms with Crippen molar-refractivity contribution in [1.29, 1.82) is 0 Å². The molecule has 0 bridgehead atoms. The van der Waals surface area contributed by atoms with E-state index >= 15 is 0 Å². The molecule has 0 N–H and O–H groups in total. The standard InChI is InChI=1S/C20H15F4N3O3/c1-3-8-26(15-6-4-14(21)5-7-15)18(28)16-11-30-19(29)27(16)17-10-13(20(22,23)24)9-12(2)25-17/h1,4-7,9-10,16H,8,11H2,2H3/t16-/m0/s1. The van der Waals surface area contributed by atoms with E-state index in [9.17, 15) is 27.2 Å². The number of ether oxygens (including phenoxy) is 1. The smallest absolute Gasteiger partial charge is 0.416 e. The van der Waals surface area contributed by atoms with Crippen molar-refractivity contribution in [3.8, 4) is 12.3 Å². The number of amides is 2. The average molecular weight is 421 g/mol. The maximum Gasteiger partial charge on any atom is 0.416 e. The van der Waals surface area contributed by atoms with Gasteiger partial charge in [0.2, 0.25) is 0 Å². The topological polar surface area (TPSA) is 62.7 Å². The van der Waals surface area contributed by atoms with Crippen molar-refractivity contribution in [2.24, 2.45) is 0 Å². The lowest BCUT2D eigenvalue weighted by Crippen LogP contribution is -2.48. The number of alkyl halides is 3. The predicted molar refractivity (Wildman–Crippen MR) is 99.2 cm³/mol. The molecule has 1 aromatic heterocycles. The number of hydrogen-bond donors (Lipinski definition) is 0. The van der Waals surface area contributed by atoms with E-state index in [0.717, 1.165) is 28.0 Å². The van der Waals surface area contributed by atoms with E-state index in [-0.39, 0.29) is 23.7 Å². The quantitative estimate of drug-likeness (QED) is 0.560. The van der Waals surface area contributed by atoms with Gasteiger partial charge in [-0.3, -0.25) is 9.69 Å². The van der Waals surface area contributed by atoms with Crippen LogP contribution in [0.1, 0.15) is 11.3 Å². The highest BCUT2D eigenvalue weighted by Crippen LogP contribution is 2.33. The summed E-state index contributed by atoms with van der Waals surface area (Å²) in [6, 6.07) is 5.08. The van der Waals surface area contributed by atoms with Gasteiger partial charge in [0.1, 0.15) is 18.2 Å². The molecule has 2 amide bonds. The Morgan fingerprint density at radius 1 is 1.33 bits per heavy atom. The van der Waals surface area contributed by atoms with Crippen LogP contribution in [-0.4, -0.2) is 36.2 Å². The molecule has 1 aromatic carbocycles. The number of benzene rings is 1. The van der Waals surface area contributed by atoms with E-state index in [0.29, 0.717) is 6.07 Å². The van der Waals surface area contributed by atoms with Crippen molar-refractivity contribution in [2.75, 3.05) is 23.0 Å². The molecule has 0 saturated carbocycles. The van der Waals surface area contributed by atoms with Gasteiger partial charge in [0.15, 0.2) is 6.04 Å². The third kappa shape index (κ3) is 4.20. The van der Waals surface area contributed by atoms with Crippen LogP contribution >= 0.6 is 0 Å². The predicted octanol–water partition coefficient (Wildman–Crippen LogP) is 3.54. The Morgan fingerprint density at radius 2 is 2.00 bits per heavy atom. The number of anilines is 2. The van der Waals surface area contributed by atoms with Crippen LogP contribution in [0, 0.1) is 25.1 Å². The molecule has 0 spiro atoms. The first-order valence-electron chi connectivity index (χ1n) is 8.64. The molecule has 0 unspecified atom stereocenters. The first-order valence-corrected chi connectivity index (χ1v) is 8.64. The number of carbonyl (C=O) groups excluding carboxylic acids is 2. The Kier molecular flexibility index (Phi) is 5.64. The molecule has 0 aliphatic carbocycles. The fourth-order valence-electron chi connectivity index (χ4n) is 2.98. The molecule has 10 heteroatoms. The summed E-state index contributed by atoms with van der Waals surface area (Å²) in [5.41, 5.74) is -0.758. The van der Waals surface area contributed by atoms with E-state index in [4.69, 9.17) is 11.2 Å². The molecule has 156 valence electrons. The second-order valence-corrected chi connectivity index (χ2v) is 6.42. The van der Waals surface area contributed by atoms with Crippen molar-refractivity contribution in [1.82, 2.24) is 4.98 Å². The Hall–Kier alpha value is -3.61. The summed E-state index contributed by atoms with van der Waals surface area (Å²) in [6.45, 7) is 0.717. The van der Waals surface area contributed by atoms with Gasteiger partial charge >= 0.3 is 12.3 Å². The Bertz CT molecular complexity index is 1020. The monoisotopic (exact) mass is 421 g/mol. The molecular formula is C20H15F4N3O3. The van der Waals surface area contributed by atoms with Gasteiger partial charge in [-0.05, 0) is 43.3 Å². The number of nitrogens with zero attached hydrogens (tertiary/aromatic N) is 3. The molecule has 1 aliphatic rings. The highest BCUT2D eigenvalue weighted by atomic mass is 19.4. The zero-order valence-corrected chi connectivity index (χ0v) is 15.6. The minimum atomic E-state index is -4.67. The number of aryl methyl sites for hydroxylation is 1. The SMILES string of the molecule is C#CCN(C(=O)[C@@H]1COC(=O)N1c1cc(C(F)(F)F)cc(C)n1)c1ccc(F)cc1. The van der Waals surface area contributed by atoms with E-state index in [2.05, 4.69) is 10.9 Å². The minimum absolute atomic E-state index is 0.00439. The summed E-state index contributed by atoms with van der Waals surface area (Å²) < 4.78 is 57.7. The van der Waals surface area contributed by atoms with Crippen molar-refractivity contribution >= 4 is 23.5 Å². The van der Waals surface area contributed by atoms with Crippen LogP contribution in [0.15, 0.2) is 36.4 Å². The number of cyclic esters (lactones) is 1. The van der Waals surface area contributed by atoms with Gasteiger partial charge in [0.25, 0.3) is 5.91 Å². The minimum Gasteiger partial charge on any atom is -0.446 e. The molecular weight excluding hydrogens is 406 g/mol. The number of halogens is 4. The molecule has 2 aromatic rings.